The van der Waals surface area contributed by atoms with Crippen molar-refractivity contribution in [3.63, 3.8) is 0 Å². The van der Waals surface area contributed by atoms with Crippen LogP contribution in [0.5, 0.6) is 0 Å². The summed E-state index contributed by atoms with van der Waals surface area (Å²) in [5.41, 5.74) is 9.99. The lowest BCUT2D eigenvalue weighted by Crippen LogP contribution is -2.28. The van der Waals surface area contributed by atoms with Crippen LogP contribution in [0.4, 0.5) is 4.79 Å². The molecule has 0 aliphatic rings. The SMILES string of the molecule is NCCCCC(=O)NCCOC(N)=O. The topological polar surface area (TPSA) is 107 Å². The van der Waals surface area contributed by atoms with E-state index >= 15 is 0 Å². The highest BCUT2D eigenvalue weighted by Gasteiger charge is 2.00. The van der Waals surface area contributed by atoms with Gasteiger partial charge in [0.25, 0.3) is 0 Å². The standard InChI is InChI=1S/C8H17N3O3/c9-4-2-1-3-7(12)11-5-6-14-8(10)13/h1-6,9H2,(H2,10,13)(H,11,12). The summed E-state index contributed by atoms with van der Waals surface area (Å²) >= 11 is 0. The molecule has 0 fully saturated rings. The predicted octanol–water partition coefficient (Wildman–Crippen LogP) is -0.673. The average molecular weight is 203 g/mol. The van der Waals surface area contributed by atoms with Gasteiger partial charge < -0.3 is 21.5 Å². The lowest BCUT2D eigenvalue weighted by Gasteiger charge is -2.04. The molecule has 0 aliphatic carbocycles. The van der Waals surface area contributed by atoms with Crippen molar-refractivity contribution in [2.24, 2.45) is 11.5 Å². The van der Waals surface area contributed by atoms with E-state index in [9.17, 15) is 9.59 Å². The Morgan fingerprint density at radius 2 is 2.00 bits per heavy atom. The van der Waals surface area contributed by atoms with Crippen LogP contribution in [0, 0.1) is 0 Å². The van der Waals surface area contributed by atoms with Gasteiger partial charge in [0.2, 0.25) is 5.91 Å². The number of unbranched alkanes of at least 4 members (excludes halogenated alkanes) is 1. The molecule has 0 unspecified atom stereocenters. The van der Waals surface area contributed by atoms with Gasteiger partial charge >= 0.3 is 6.09 Å². The van der Waals surface area contributed by atoms with E-state index in [1.54, 1.807) is 0 Å². The van der Waals surface area contributed by atoms with Gasteiger partial charge in [0, 0.05) is 6.42 Å². The highest BCUT2D eigenvalue weighted by Crippen LogP contribution is 1.92. The molecule has 0 saturated heterocycles. The Hall–Kier alpha value is -1.30. The van der Waals surface area contributed by atoms with Crippen molar-refractivity contribution in [3.8, 4) is 0 Å². The van der Waals surface area contributed by atoms with E-state index in [2.05, 4.69) is 10.1 Å². The Morgan fingerprint density at radius 1 is 1.29 bits per heavy atom. The number of primary amides is 1. The number of rotatable bonds is 7. The lowest BCUT2D eigenvalue weighted by atomic mass is 10.2. The van der Waals surface area contributed by atoms with E-state index in [-0.39, 0.29) is 12.5 Å². The van der Waals surface area contributed by atoms with Gasteiger partial charge in [-0.2, -0.15) is 0 Å². The van der Waals surface area contributed by atoms with Crippen molar-refractivity contribution in [2.75, 3.05) is 19.7 Å². The van der Waals surface area contributed by atoms with E-state index in [0.29, 0.717) is 19.5 Å². The van der Waals surface area contributed by atoms with Crippen LogP contribution in [0.3, 0.4) is 0 Å². The lowest BCUT2D eigenvalue weighted by molar-refractivity contribution is -0.121. The first-order valence-electron chi connectivity index (χ1n) is 4.56. The first-order chi connectivity index (χ1) is 6.66. The van der Waals surface area contributed by atoms with Crippen molar-refractivity contribution in [1.82, 2.24) is 5.32 Å². The zero-order valence-electron chi connectivity index (χ0n) is 8.12. The molecule has 6 nitrogen and oxygen atoms in total. The van der Waals surface area contributed by atoms with Crippen LogP contribution in [0.15, 0.2) is 0 Å². The van der Waals surface area contributed by atoms with Gasteiger partial charge in [0.15, 0.2) is 0 Å². The summed E-state index contributed by atoms with van der Waals surface area (Å²) in [7, 11) is 0. The zero-order valence-corrected chi connectivity index (χ0v) is 8.12. The van der Waals surface area contributed by atoms with Gasteiger partial charge in [-0.1, -0.05) is 0 Å². The number of ether oxygens (including phenoxy) is 1. The Balaban J connectivity index is 3.22. The monoisotopic (exact) mass is 203 g/mol. The van der Waals surface area contributed by atoms with Crippen molar-refractivity contribution >= 4 is 12.0 Å². The molecule has 0 aromatic rings. The van der Waals surface area contributed by atoms with E-state index in [1.807, 2.05) is 0 Å². The average Bonchev–Trinajstić information content (AvgIpc) is 2.13. The molecular weight excluding hydrogens is 186 g/mol. The van der Waals surface area contributed by atoms with Gasteiger partial charge in [-0.3, -0.25) is 4.79 Å². The summed E-state index contributed by atoms with van der Waals surface area (Å²) in [6.07, 6.45) is 1.24. The van der Waals surface area contributed by atoms with Crippen molar-refractivity contribution < 1.29 is 14.3 Å². The molecule has 0 atom stereocenters. The molecule has 0 aromatic heterocycles. The summed E-state index contributed by atoms with van der Waals surface area (Å²) in [5, 5.41) is 2.58. The quantitative estimate of drug-likeness (QED) is 0.477. The van der Waals surface area contributed by atoms with Crippen LogP contribution in [0.1, 0.15) is 19.3 Å². The van der Waals surface area contributed by atoms with Crippen molar-refractivity contribution in [1.29, 1.82) is 0 Å². The molecule has 0 heterocycles. The maximum atomic E-state index is 11.0. The summed E-state index contributed by atoms with van der Waals surface area (Å²) < 4.78 is 4.42. The van der Waals surface area contributed by atoms with Crippen LogP contribution in [-0.2, 0) is 9.53 Å². The summed E-state index contributed by atoms with van der Waals surface area (Å²) in [6.45, 7) is 1.00. The second kappa shape index (κ2) is 8.31. The van der Waals surface area contributed by atoms with Crippen LogP contribution in [0.25, 0.3) is 0 Å². The minimum Gasteiger partial charge on any atom is -0.448 e. The second-order valence-corrected chi connectivity index (χ2v) is 2.76. The number of hydrogen-bond donors (Lipinski definition) is 3. The maximum absolute atomic E-state index is 11.0. The van der Waals surface area contributed by atoms with E-state index in [0.717, 1.165) is 12.8 Å². The molecule has 2 amide bonds. The fourth-order valence-corrected chi connectivity index (χ4v) is 0.860. The predicted molar refractivity (Wildman–Crippen MR) is 51.5 cm³/mol. The largest absolute Gasteiger partial charge is 0.448 e. The summed E-state index contributed by atoms with van der Waals surface area (Å²) in [4.78, 5) is 21.2. The van der Waals surface area contributed by atoms with Crippen LogP contribution < -0.4 is 16.8 Å². The van der Waals surface area contributed by atoms with Gasteiger partial charge in [0.1, 0.15) is 6.61 Å². The Bertz CT molecular complexity index is 185. The Kier molecular flexibility index (Phi) is 7.53. The number of carbonyl (C=O) groups is 2. The van der Waals surface area contributed by atoms with Crippen LogP contribution in [-0.4, -0.2) is 31.7 Å². The van der Waals surface area contributed by atoms with E-state index in [4.69, 9.17) is 11.5 Å². The third kappa shape index (κ3) is 8.79. The fourth-order valence-electron chi connectivity index (χ4n) is 0.860. The van der Waals surface area contributed by atoms with Gasteiger partial charge in [0.05, 0.1) is 6.54 Å². The second-order valence-electron chi connectivity index (χ2n) is 2.76. The van der Waals surface area contributed by atoms with Gasteiger partial charge in [-0.25, -0.2) is 4.79 Å². The normalized spacial score (nSPS) is 9.50. The van der Waals surface area contributed by atoms with Crippen molar-refractivity contribution in [2.45, 2.75) is 19.3 Å². The van der Waals surface area contributed by atoms with Gasteiger partial charge in [-0.05, 0) is 19.4 Å². The molecule has 0 aromatic carbocycles. The molecule has 0 rings (SSSR count). The number of nitrogens with one attached hydrogen (secondary N) is 1. The molecule has 0 radical (unpaired) electrons. The molecule has 82 valence electrons. The minimum absolute atomic E-state index is 0.0634. The number of carbonyl (C=O) groups excluding carboxylic acids is 2. The van der Waals surface area contributed by atoms with Gasteiger partial charge in [-0.15, -0.1) is 0 Å². The highest BCUT2D eigenvalue weighted by atomic mass is 16.5. The Labute approximate surface area is 83.0 Å². The zero-order chi connectivity index (χ0) is 10.8. The van der Waals surface area contributed by atoms with E-state index in [1.165, 1.54) is 0 Å². The fraction of sp³-hybridized carbons (Fsp3) is 0.750. The first-order valence-corrected chi connectivity index (χ1v) is 4.56. The van der Waals surface area contributed by atoms with Crippen LogP contribution >= 0.6 is 0 Å². The Morgan fingerprint density at radius 3 is 2.57 bits per heavy atom. The molecule has 0 bridgehead atoms. The summed E-state index contributed by atoms with van der Waals surface area (Å²) in [6, 6.07) is 0. The number of amides is 2. The van der Waals surface area contributed by atoms with Crippen molar-refractivity contribution in [3.05, 3.63) is 0 Å². The van der Waals surface area contributed by atoms with Crippen LogP contribution in [0.2, 0.25) is 0 Å². The third-order valence-electron chi connectivity index (χ3n) is 1.53. The highest BCUT2D eigenvalue weighted by molar-refractivity contribution is 5.75. The molecule has 14 heavy (non-hydrogen) atoms. The molecule has 5 N–H and O–H groups in total. The molecule has 0 spiro atoms. The third-order valence-corrected chi connectivity index (χ3v) is 1.53. The molecule has 6 heteroatoms. The number of hydrogen-bond acceptors (Lipinski definition) is 4. The molecule has 0 aliphatic heterocycles. The maximum Gasteiger partial charge on any atom is 0.404 e. The van der Waals surface area contributed by atoms with E-state index < -0.39 is 6.09 Å². The smallest absolute Gasteiger partial charge is 0.404 e. The first kappa shape index (κ1) is 12.7. The minimum atomic E-state index is -0.831. The molecular formula is C8H17N3O3. The molecule has 0 saturated carbocycles. The number of nitrogens with two attached hydrogens (primary N) is 2. The summed E-state index contributed by atoms with van der Waals surface area (Å²) in [5.74, 6) is -0.0634.